The Balaban J connectivity index is 2.40. The summed E-state index contributed by atoms with van der Waals surface area (Å²) in [7, 11) is 0. The SMILES string of the molecule is N#CCCNC(=O)CSc1ccc(Br)cc1N. The number of nitrogens with two attached hydrogens (primary N) is 1. The minimum atomic E-state index is -0.0902. The van der Waals surface area contributed by atoms with E-state index in [1.807, 2.05) is 18.2 Å². The Morgan fingerprint density at radius 1 is 1.59 bits per heavy atom. The number of rotatable bonds is 5. The standard InChI is InChI=1S/C11H12BrN3OS/c12-8-2-3-10(9(14)6-8)17-7-11(16)15-5-1-4-13/h2-3,6H,1,5,7,14H2,(H,15,16). The molecule has 3 N–H and O–H groups in total. The van der Waals surface area contributed by atoms with E-state index in [4.69, 9.17) is 11.0 Å². The average molecular weight is 314 g/mol. The van der Waals surface area contributed by atoms with Crippen LogP contribution in [0, 0.1) is 11.3 Å². The molecule has 0 unspecified atom stereocenters. The van der Waals surface area contributed by atoms with Gasteiger partial charge in [0.1, 0.15) is 0 Å². The van der Waals surface area contributed by atoms with Crippen LogP contribution in [0.2, 0.25) is 0 Å². The van der Waals surface area contributed by atoms with Crippen molar-refractivity contribution in [2.45, 2.75) is 11.3 Å². The summed E-state index contributed by atoms with van der Waals surface area (Å²) in [6, 6.07) is 7.52. The third kappa shape index (κ3) is 5.11. The van der Waals surface area contributed by atoms with Crippen LogP contribution in [-0.4, -0.2) is 18.2 Å². The van der Waals surface area contributed by atoms with E-state index in [9.17, 15) is 4.79 Å². The second-order valence-corrected chi connectivity index (χ2v) is 5.16. The fourth-order valence-corrected chi connectivity index (χ4v) is 2.26. The largest absolute Gasteiger partial charge is 0.398 e. The number of nitrogens with zero attached hydrogens (tertiary/aromatic N) is 1. The second-order valence-electron chi connectivity index (χ2n) is 3.23. The Morgan fingerprint density at radius 2 is 2.35 bits per heavy atom. The molecular formula is C11H12BrN3OS. The van der Waals surface area contributed by atoms with Crippen LogP contribution < -0.4 is 11.1 Å². The molecule has 0 aliphatic rings. The van der Waals surface area contributed by atoms with E-state index in [1.165, 1.54) is 11.8 Å². The molecule has 0 aliphatic heterocycles. The van der Waals surface area contributed by atoms with Crippen molar-refractivity contribution in [2.75, 3.05) is 18.0 Å². The van der Waals surface area contributed by atoms with Gasteiger partial charge >= 0.3 is 0 Å². The normalized spacial score (nSPS) is 9.65. The monoisotopic (exact) mass is 313 g/mol. The zero-order valence-corrected chi connectivity index (χ0v) is 11.5. The lowest BCUT2D eigenvalue weighted by Gasteiger charge is -2.06. The molecule has 1 rings (SSSR count). The van der Waals surface area contributed by atoms with Gasteiger partial charge < -0.3 is 11.1 Å². The summed E-state index contributed by atoms with van der Waals surface area (Å²) in [5.41, 5.74) is 6.45. The van der Waals surface area contributed by atoms with Gasteiger partial charge in [-0.2, -0.15) is 5.26 Å². The van der Waals surface area contributed by atoms with Crippen LogP contribution in [0.1, 0.15) is 6.42 Å². The van der Waals surface area contributed by atoms with Crippen LogP contribution >= 0.6 is 27.7 Å². The van der Waals surface area contributed by atoms with E-state index < -0.39 is 0 Å². The van der Waals surface area contributed by atoms with Crippen molar-refractivity contribution in [3.05, 3.63) is 22.7 Å². The highest BCUT2D eigenvalue weighted by molar-refractivity contribution is 9.10. The first kappa shape index (κ1) is 13.9. The maximum absolute atomic E-state index is 11.4. The van der Waals surface area contributed by atoms with Crippen molar-refractivity contribution in [2.24, 2.45) is 0 Å². The van der Waals surface area contributed by atoms with Gasteiger partial charge in [0.2, 0.25) is 5.91 Å². The fourth-order valence-electron chi connectivity index (χ4n) is 1.10. The summed E-state index contributed by atoms with van der Waals surface area (Å²) in [5.74, 6) is 0.213. The Bertz CT molecular complexity index is 445. The lowest BCUT2D eigenvalue weighted by molar-refractivity contribution is -0.118. The summed E-state index contributed by atoms with van der Waals surface area (Å²) in [5, 5.41) is 11.0. The van der Waals surface area contributed by atoms with Gasteiger partial charge in [0.25, 0.3) is 0 Å². The first-order valence-corrected chi connectivity index (χ1v) is 6.73. The average Bonchev–Trinajstić information content (AvgIpc) is 2.28. The van der Waals surface area contributed by atoms with E-state index in [-0.39, 0.29) is 5.91 Å². The lowest BCUT2D eigenvalue weighted by Crippen LogP contribution is -2.25. The van der Waals surface area contributed by atoms with Gasteiger partial charge in [-0.3, -0.25) is 4.79 Å². The molecule has 0 aromatic heterocycles. The number of anilines is 1. The summed E-state index contributed by atoms with van der Waals surface area (Å²) in [6.45, 7) is 0.395. The molecule has 0 saturated heterocycles. The first-order valence-electron chi connectivity index (χ1n) is 4.95. The lowest BCUT2D eigenvalue weighted by atomic mass is 10.3. The molecule has 0 spiro atoms. The number of nitrogen functional groups attached to an aromatic ring is 1. The highest BCUT2D eigenvalue weighted by Gasteiger charge is 2.05. The van der Waals surface area contributed by atoms with Gasteiger partial charge in [0, 0.05) is 21.6 Å². The number of carbonyl (C=O) groups excluding carboxylic acids is 1. The van der Waals surface area contributed by atoms with Crippen molar-refractivity contribution in [3.63, 3.8) is 0 Å². The van der Waals surface area contributed by atoms with E-state index in [2.05, 4.69) is 21.2 Å². The van der Waals surface area contributed by atoms with Crippen molar-refractivity contribution in [1.29, 1.82) is 5.26 Å². The van der Waals surface area contributed by atoms with Crippen LogP contribution in [0.3, 0.4) is 0 Å². The summed E-state index contributed by atoms with van der Waals surface area (Å²) < 4.78 is 0.915. The van der Waals surface area contributed by atoms with Crippen LogP contribution in [0.5, 0.6) is 0 Å². The summed E-state index contributed by atoms with van der Waals surface area (Å²) in [4.78, 5) is 12.3. The number of hydrogen-bond donors (Lipinski definition) is 2. The summed E-state index contributed by atoms with van der Waals surface area (Å²) >= 11 is 4.70. The number of carbonyl (C=O) groups is 1. The third-order valence-corrected chi connectivity index (χ3v) is 3.47. The van der Waals surface area contributed by atoms with Crippen LogP contribution in [0.15, 0.2) is 27.6 Å². The Hall–Kier alpha value is -1.19. The first-order chi connectivity index (χ1) is 8.13. The maximum Gasteiger partial charge on any atom is 0.230 e. The van der Waals surface area contributed by atoms with Crippen molar-refractivity contribution < 1.29 is 4.79 Å². The molecule has 0 saturated carbocycles. The number of amides is 1. The van der Waals surface area contributed by atoms with Gasteiger partial charge in [0.15, 0.2) is 0 Å². The number of halogens is 1. The number of benzene rings is 1. The molecule has 0 fully saturated rings. The Morgan fingerprint density at radius 3 is 3.00 bits per heavy atom. The Labute approximate surface area is 113 Å². The van der Waals surface area contributed by atoms with Gasteiger partial charge in [0.05, 0.1) is 18.2 Å². The molecule has 0 aliphatic carbocycles. The quantitative estimate of drug-likeness (QED) is 0.496. The minimum absolute atomic E-state index is 0.0902. The maximum atomic E-state index is 11.4. The number of nitrogens with one attached hydrogen (secondary N) is 1. The highest BCUT2D eigenvalue weighted by Crippen LogP contribution is 2.27. The fraction of sp³-hybridized carbons (Fsp3) is 0.273. The number of nitriles is 1. The van der Waals surface area contributed by atoms with Crippen molar-refractivity contribution >= 4 is 39.3 Å². The van der Waals surface area contributed by atoms with Crippen LogP contribution in [0.4, 0.5) is 5.69 Å². The topological polar surface area (TPSA) is 78.9 Å². The van der Waals surface area contributed by atoms with Gasteiger partial charge in [-0.05, 0) is 18.2 Å². The van der Waals surface area contributed by atoms with E-state index in [0.717, 1.165) is 9.37 Å². The van der Waals surface area contributed by atoms with Crippen molar-refractivity contribution in [1.82, 2.24) is 5.32 Å². The molecule has 4 nitrogen and oxygen atoms in total. The molecular weight excluding hydrogens is 302 g/mol. The van der Waals surface area contributed by atoms with Crippen LogP contribution in [-0.2, 0) is 4.79 Å². The van der Waals surface area contributed by atoms with E-state index in [1.54, 1.807) is 6.07 Å². The second kappa shape index (κ2) is 7.20. The molecule has 1 aromatic rings. The van der Waals surface area contributed by atoms with Gasteiger partial charge in [-0.1, -0.05) is 15.9 Å². The Kier molecular flexibility index (Phi) is 5.87. The van der Waals surface area contributed by atoms with Gasteiger partial charge in [-0.15, -0.1) is 11.8 Å². The molecule has 17 heavy (non-hydrogen) atoms. The minimum Gasteiger partial charge on any atom is -0.398 e. The predicted molar refractivity (Wildman–Crippen MR) is 72.5 cm³/mol. The molecule has 90 valence electrons. The highest BCUT2D eigenvalue weighted by atomic mass is 79.9. The molecule has 0 radical (unpaired) electrons. The third-order valence-electron chi connectivity index (χ3n) is 1.89. The number of thioether (sulfide) groups is 1. The molecule has 0 atom stereocenters. The predicted octanol–water partition coefficient (Wildman–Crippen LogP) is 2.15. The molecule has 6 heteroatoms. The molecule has 0 bridgehead atoms. The van der Waals surface area contributed by atoms with Gasteiger partial charge in [-0.25, -0.2) is 0 Å². The number of hydrogen-bond acceptors (Lipinski definition) is 4. The molecule has 1 aromatic carbocycles. The smallest absolute Gasteiger partial charge is 0.230 e. The molecule has 1 amide bonds. The zero-order valence-electron chi connectivity index (χ0n) is 9.07. The van der Waals surface area contributed by atoms with Crippen LogP contribution in [0.25, 0.3) is 0 Å². The summed E-state index contributed by atoms with van der Waals surface area (Å²) in [6.07, 6.45) is 0.330. The van der Waals surface area contributed by atoms with E-state index >= 15 is 0 Å². The van der Waals surface area contributed by atoms with Crippen molar-refractivity contribution in [3.8, 4) is 6.07 Å². The van der Waals surface area contributed by atoms with E-state index in [0.29, 0.717) is 24.4 Å². The zero-order chi connectivity index (χ0) is 12.7. The molecule has 0 heterocycles.